The van der Waals surface area contributed by atoms with Crippen LogP contribution in [-0.4, -0.2) is 75.7 Å². The van der Waals surface area contributed by atoms with E-state index in [0.717, 1.165) is 51.7 Å². The molecule has 4 aliphatic rings. The van der Waals surface area contributed by atoms with E-state index in [1.807, 2.05) is 0 Å². The molecular weight excluding hydrogens is 350 g/mol. The fraction of sp³-hybridized carbons (Fsp3) is 0.818. The molecule has 0 atom stereocenters. The summed E-state index contributed by atoms with van der Waals surface area (Å²) in [5.41, 5.74) is 2.61. The second kappa shape index (κ2) is 8.15. The molecule has 2 aliphatic carbocycles. The van der Waals surface area contributed by atoms with Crippen LogP contribution in [0.2, 0.25) is 0 Å². The minimum atomic E-state index is 0.317. The zero-order valence-corrected chi connectivity index (χ0v) is 17.2. The second-order valence-corrected chi connectivity index (χ2v) is 9.34. The molecule has 0 radical (unpaired) electrons. The third kappa shape index (κ3) is 3.86. The minimum Gasteiger partial charge on any atom is -0.339 e. The van der Waals surface area contributed by atoms with Crippen LogP contribution in [0.15, 0.2) is 6.20 Å². The predicted octanol–water partition coefficient (Wildman–Crippen LogP) is 2.44. The number of carbonyl (C=O) groups excluding carboxylic acids is 1. The Bertz CT molecular complexity index is 681. The molecule has 0 aromatic carbocycles. The molecule has 2 aliphatic heterocycles. The summed E-state index contributed by atoms with van der Waals surface area (Å²) in [5.74, 6) is 0.317. The molecule has 3 heterocycles. The van der Waals surface area contributed by atoms with Crippen LogP contribution in [-0.2, 0) is 17.8 Å². The molecule has 154 valence electrons. The van der Waals surface area contributed by atoms with Crippen LogP contribution in [0, 0.1) is 0 Å². The van der Waals surface area contributed by atoms with Crippen molar-refractivity contribution in [3.63, 3.8) is 0 Å². The number of aromatic nitrogens is 2. The zero-order chi connectivity index (χ0) is 18.9. The van der Waals surface area contributed by atoms with Crippen LogP contribution >= 0.6 is 0 Å². The molecule has 6 heteroatoms. The van der Waals surface area contributed by atoms with Crippen LogP contribution in [0.4, 0.5) is 0 Å². The number of carbonyl (C=O) groups is 1. The number of hydrogen-bond donors (Lipinski definition) is 0. The van der Waals surface area contributed by atoms with E-state index < -0.39 is 0 Å². The van der Waals surface area contributed by atoms with Crippen molar-refractivity contribution in [1.29, 1.82) is 0 Å². The minimum absolute atomic E-state index is 0.317. The van der Waals surface area contributed by atoms with Gasteiger partial charge in [0.25, 0.3) is 0 Å². The number of piperazine rings is 1. The van der Waals surface area contributed by atoms with Crippen LogP contribution < -0.4 is 0 Å². The topological polar surface area (TPSA) is 44.6 Å². The molecule has 2 saturated carbocycles. The van der Waals surface area contributed by atoms with E-state index in [9.17, 15) is 4.79 Å². The van der Waals surface area contributed by atoms with Gasteiger partial charge in [0.2, 0.25) is 5.91 Å². The van der Waals surface area contributed by atoms with Gasteiger partial charge in [-0.3, -0.25) is 19.3 Å². The summed E-state index contributed by atoms with van der Waals surface area (Å²) in [6.07, 6.45) is 14.0. The summed E-state index contributed by atoms with van der Waals surface area (Å²) in [6, 6.07) is 1.39. The van der Waals surface area contributed by atoms with Gasteiger partial charge in [0.05, 0.1) is 18.3 Å². The van der Waals surface area contributed by atoms with Gasteiger partial charge in [0, 0.05) is 63.5 Å². The first-order valence-electron chi connectivity index (χ1n) is 11.6. The van der Waals surface area contributed by atoms with Crippen LogP contribution in [0.5, 0.6) is 0 Å². The zero-order valence-electron chi connectivity index (χ0n) is 17.2. The van der Waals surface area contributed by atoms with Gasteiger partial charge < -0.3 is 4.90 Å². The van der Waals surface area contributed by atoms with Crippen molar-refractivity contribution in [2.24, 2.45) is 0 Å². The lowest BCUT2D eigenvalue weighted by molar-refractivity contribution is -0.134. The smallest absolute Gasteiger partial charge is 0.236 e. The van der Waals surface area contributed by atoms with Crippen molar-refractivity contribution in [2.75, 3.05) is 39.3 Å². The first kappa shape index (κ1) is 18.6. The summed E-state index contributed by atoms with van der Waals surface area (Å²) >= 11 is 0. The maximum atomic E-state index is 12.9. The molecule has 0 spiro atoms. The Balaban J connectivity index is 1.12. The van der Waals surface area contributed by atoms with Gasteiger partial charge in [-0.25, -0.2) is 0 Å². The average molecular weight is 386 g/mol. The molecule has 1 amide bonds. The summed E-state index contributed by atoms with van der Waals surface area (Å²) < 4.78 is 2.23. The van der Waals surface area contributed by atoms with Gasteiger partial charge in [-0.15, -0.1) is 0 Å². The first-order chi connectivity index (χ1) is 13.8. The van der Waals surface area contributed by atoms with Gasteiger partial charge in [0.1, 0.15) is 0 Å². The first-order valence-corrected chi connectivity index (χ1v) is 11.6. The second-order valence-electron chi connectivity index (χ2n) is 9.34. The van der Waals surface area contributed by atoms with E-state index >= 15 is 0 Å². The highest BCUT2D eigenvalue weighted by molar-refractivity contribution is 5.78. The van der Waals surface area contributed by atoms with E-state index in [1.165, 1.54) is 62.6 Å². The summed E-state index contributed by atoms with van der Waals surface area (Å²) in [4.78, 5) is 19.9. The number of rotatable bonds is 4. The van der Waals surface area contributed by atoms with Crippen LogP contribution in [0.25, 0.3) is 0 Å². The maximum Gasteiger partial charge on any atom is 0.236 e. The largest absolute Gasteiger partial charge is 0.339 e. The van der Waals surface area contributed by atoms with Crippen LogP contribution in [0.3, 0.4) is 0 Å². The molecular formula is C22H35N5O. The highest BCUT2D eigenvalue weighted by Gasteiger charge is 2.29. The van der Waals surface area contributed by atoms with Crippen molar-refractivity contribution in [3.05, 3.63) is 17.5 Å². The molecule has 28 heavy (non-hydrogen) atoms. The molecule has 3 fully saturated rings. The predicted molar refractivity (Wildman–Crippen MR) is 109 cm³/mol. The van der Waals surface area contributed by atoms with Crippen molar-refractivity contribution < 1.29 is 4.79 Å². The number of amides is 1. The molecule has 0 unspecified atom stereocenters. The Morgan fingerprint density at radius 3 is 2.32 bits per heavy atom. The Kier molecular flexibility index (Phi) is 5.42. The molecule has 5 rings (SSSR count). The monoisotopic (exact) mass is 385 g/mol. The van der Waals surface area contributed by atoms with Gasteiger partial charge in [0.15, 0.2) is 0 Å². The summed E-state index contributed by atoms with van der Waals surface area (Å²) in [6.45, 7) is 6.36. The third-order valence-electron chi connectivity index (χ3n) is 7.52. The Morgan fingerprint density at radius 2 is 1.61 bits per heavy atom. The fourth-order valence-corrected chi connectivity index (χ4v) is 5.78. The lowest BCUT2D eigenvalue weighted by Crippen LogP contribution is -2.53. The molecule has 1 aromatic heterocycles. The van der Waals surface area contributed by atoms with Crippen molar-refractivity contribution in [1.82, 2.24) is 24.5 Å². The maximum absolute atomic E-state index is 12.9. The molecule has 1 aromatic rings. The Morgan fingerprint density at radius 1 is 0.929 bits per heavy atom. The van der Waals surface area contributed by atoms with Gasteiger partial charge in [-0.1, -0.05) is 25.7 Å². The quantitative estimate of drug-likeness (QED) is 0.799. The van der Waals surface area contributed by atoms with Crippen LogP contribution in [0.1, 0.15) is 68.7 Å². The third-order valence-corrected chi connectivity index (χ3v) is 7.52. The van der Waals surface area contributed by atoms with E-state index in [0.29, 0.717) is 18.5 Å². The summed E-state index contributed by atoms with van der Waals surface area (Å²) in [7, 11) is 0. The lowest BCUT2D eigenvalue weighted by Gasteiger charge is -2.39. The standard InChI is InChI=1S/C22H35N5O/c28-22(26-13-11-25(12-14-26)19-5-1-2-6-19)17-24-10-9-21-18(15-24)16-27(23-21)20-7-3-4-8-20/h16,19-20H,1-15,17H2. The summed E-state index contributed by atoms with van der Waals surface area (Å²) in [5, 5.41) is 4.87. The van der Waals surface area contributed by atoms with E-state index in [4.69, 9.17) is 5.10 Å². The van der Waals surface area contributed by atoms with E-state index in [1.54, 1.807) is 0 Å². The Labute approximate surface area is 168 Å². The number of hydrogen-bond acceptors (Lipinski definition) is 4. The molecule has 6 nitrogen and oxygen atoms in total. The van der Waals surface area contributed by atoms with E-state index in [2.05, 4.69) is 25.6 Å². The highest BCUT2D eigenvalue weighted by Crippen LogP contribution is 2.30. The van der Waals surface area contributed by atoms with Crippen molar-refractivity contribution >= 4 is 5.91 Å². The van der Waals surface area contributed by atoms with E-state index in [-0.39, 0.29) is 0 Å². The van der Waals surface area contributed by atoms with Crippen molar-refractivity contribution in [3.8, 4) is 0 Å². The SMILES string of the molecule is O=C(CN1CCc2nn(C3CCCC3)cc2C1)N1CCN(C2CCCC2)CC1. The van der Waals surface area contributed by atoms with Gasteiger partial charge >= 0.3 is 0 Å². The molecule has 0 bridgehead atoms. The molecule has 0 N–H and O–H groups in total. The van der Waals surface area contributed by atoms with Gasteiger partial charge in [-0.2, -0.15) is 5.10 Å². The highest BCUT2D eigenvalue weighted by atomic mass is 16.2. The normalized spacial score (nSPS) is 25.5. The molecule has 1 saturated heterocycles. The van der Waals surface area contributed by atoms with Gasteiger partial charge in [-0.05, 0) is 25.7 Å². The fourth-order valence-electron chi connectivity index (χ4n) is 5.78. The lowest BCUT2D eigenvalue weighted by atomic mass is 10.1. The number of fused-ring (bicyclic) bond motifs is 1. The number of nitrogens with zero attached hydrogens (tertiary/aromatic N) is 5. The van der Waals surface area contributed by atoms with Crippen molar-refractivity contribution in [2.45, 2.75) is 76.4 Å². The average Bonchev–Trinajstić information content (AvgIpc) is 3.48. The Hall–Kier alpha value is -1.40.